The van der Waals surface area contributed by atoms with Crippen molar-refractivity contribution >= 4 is 12.6 Å². The van der Waals surface area contributed by atoms with E-state index in [9.17, 15) is 0 Å². The monoisotopic (exact) mass is 156 g/mol. The fourth-order valence-electron chi connectivity index (χ4n) is 0.0707. The van der Waals surface area contributed by atoms with Crippen molar-refractivity contribution in [1.29, 1.82) is 0 Å². The summed E-state index contributed by atoms with van der Waals surface area (Å²) < 4.78 is 0. The van der Waals surface area contributed by atoms with E-state index in [0.29, 0.717) is 0 Å². The number of thiol groups is 1. The van der Waals surface area contributed by atoms with Crippen molar-refractivity contribution in [3.63, 3.8) is 0 Å². The van der Waals surface area contributed by atoms with Crippen molar-refractivity contribution in [3.05, 3.63) is 0 Å². The SMILES string of the molecule is OCCCS.[Zn]. The topological polar surface area (TPSA) is 20.2 Å². The van der Waals surface area contributed by atoms with Gasteiger partial charge in [-0.05, 0) is 12.2 Å². The molecule has 1 N–H and O–H groups in total. The van der Waals surface area contributed by atoms with E-state index in [4.69, 9.17) is 5.11 Å². The number of rotatable bonds is 2. The largest absolute Gasteiger partial charge is 0.396 e. The average molecular weight is 158 g/mol. The molecule has 0 aliphatic carbocycles. The van der Waals surface area contributed by atoms with Gasteiger partial charge in [0.25, 0.3) is 0 Å². The molecule has 0 bridgehead atoms. The number of aliphatic hydroxyl groups excluding tert-OH is 1. The van der Waals surface area contributed by atoms with E-state index in [1.165, 1.54) is 0 Å². The van der Waals surface area contributed by atoms with E-state index in [1.54, 1.807) is 0 Å². The quantitative estimate of drug-likeness (QED) is 0.436. The Morgan fingerprint density at radius 3 is 2.00 bits per heavy atom. The molecular weight excluding hydrogens is 149 g/mol. The van der Waals surface area contributed by atoms with Crippen LogP contribution < -0.4 is 0 Å². The van der Waals surface area contributed by atoms with Gasteiger partial charge in [-0.1, -0.05) is 0 Å². The van der Waals surface area contributed by atoms with Crippen LogP contribution in [0.4, 0.5) is 0 Å². The summed E-state index contributed by atoms with van der Waals surface area (Å²) in [5.41, 5.74) is 0. The number of hydrogen-bond acceptors (Lipinski definition) is 2. The van der Waals surface area contributed by atoms with Gasteiger partial charge in [-0.3, -0.25) is 0 Å². The minimum atomic E-state index is 0. The van der Waals surface area contributed by atoms with Crippen molar-refractivity contribution in [2.75, 3.05) is 12.4 Å². The van der Waals surface area contributed by atoms with Crippen LogP contribution in [0.15, 0.2) is 0 Å². The van der Waals surface area contributed by atoms with Crippen molar-refractivity contribution in [3.8, 4) is 0 Å². The molecule has 0 aromatic carbocycles. The second-order valence-corrected chi connectivity index (χ2v) is 1.25. The Kier molecular flexibility index (Phi) is 15.6. The van der Waals surface area contributed by atoms with Crippen molar-refractivity contribution in [1.82, 2.24) is 0 Å². The zero-order valence-electron chi connectivity index (χ0n) is 3.72. The van der Waals surface area contributed by atoms with Gasteiger partial charge in [-0.2, -0.15) is 12.6 Å². The van der Waals surface area contributed by atoms with Gasteiger partial charge in [0.05, 0.1) is 0 Å². The fraction of sp³-hybridized carbons (Fsp3) is 1.00. The molecule has 0 aliphatic rings. The molecular formula is C3H8OSZn. The van der Waals surface area contributed by atoms with Crippen LogP contribution in [0.2, 0.25) is 0 Å². The van der Waals surface area contributed by atoms with Crippen LogP contribution in [0, 0.1) is 0 Å². The van der Waals surface area contributed by atoms with Gasteiger partial charge < -0.3 is 5.11 Å². The standard InChI is InChI=1S/C3H8OS.Zn/c4-2-1-3-5;/h4-5H,1-3H2;. The molecule has 0 amide bonds. The molecule has 34 valence electrons. The second kappa shape index (κ2) is 9.33. The molecule has 0 aromatic heterocycles. The summed E-state index contributed by atoms with van der Waals surface area (Å²) in [5, 5.41) is 8.02. The van der Waals surface area contributed by atoms with Gasteiger partial charge >= 0.3 is 0 Å². The molecule has 3 heteroatoms. The van der Waals surface area contributed by atoms with Gasteiger partial charge in [0.1, 0.15) is 0 Å². The molecule has 0 unspecified atom stereocenters. The van der Waals surface area contributed by atoms with E-state index < -0.39 is 0 Å². The third-order valence-corrected chi connectivity index (χ3v) is 0.632. The van der Waals surface area contributed by atoms with Crippen molar-refractivity contribution in [2.24, 2.45) is 0 Å². The first-order valence-corrected chi connectivity index (χ1v) is 2.26. The Hall–Kier alpha value is 0.933. The van der Waals surface area contributed by atoms with Crippen molar-refractivity contribution < 1.29 is 24.6 Å². The minimum absolute atomic E-state index is 0. The fourth-order valence-corrected chi connectivity index (χ4v) is 0.212. The van der Waals surface area contributed by atoms with Crippen LogP contribution in [0.3, 0.4) is 0 Å². The Bertz CT molecular complexity index is 18.3. The van der Waals surface area contributed by atoms with E-state index >= 15 is 0 Å². The molecule has 0 saturated heterocycles. The molecule has 0 radical (unpaired) electrons. The third kappa shape index (κ3) is 8.87. The van der Waals surface area contributed by atoms with Gasteiger partial charge in [0.15, 0.2) is 0 Å². The molecule has 0 saturated carbocycles. The molecule has 0 spiro atoms. The van der Waals surface area contributed by atoms with Crippen molar-refractivity contribution in [2.45, 2.75) is 6.42 Å². The van der Waals surface area contributed by atoms with Gasteiger partial charge in [-0.25, -0.2) is 0 Å². The second-order valence-electron chi connectivity index (χ2n) is 0.801. The smallest absolute Gasteiger partial charge is 0.0438 e. The molecule has 0 rings (SSSR count). The first-order chi connectivity index (χ1) is 2.41. The van der Waals surface area contributed by atoms with Gasteiger partial charge in [-0.15, -0.1) is 0 Å². The van der Waals surface area contributed by atoms with Gasteiger partial charge in [0.2, 0.25) is 0 Å². The zero-order valence-corrected chi connectivity index (χ0v) is 7.58. The zero-order chi connectivity index (χ0) is 4.12. The van der Waals surface area contributed by atoms with E-state index in [0.717, 1.165) is 12.2 Å². The van der Waals surface area contributed by atoms with E-state index in [-0.39, 0.29) is 26.1 Å². The Morgan fingerprint density at radius 1 is 1.50 bits per heavy atom. The Labute approximate surface area is 56.3 Å². The summed E-state index contributed by atoms with van der Waals surface area (Å²) in [5.74, 6) is 0.788. The molecule has 6 heavy (non-hydrogen) atoms. The van der Waals surface area contributed by atoms with Crippen LogP contribution in [0.25, 0.3) is 0 Å². The van der Waals surface area contributed by atoms with Crippen LogP contribution >= 0.6 is 12.6 Å². The maximum atomic E-state index is 8.02. The molecule has 1 nitrogen and oxygen atoms in total. The van der Waals surface area contributed by atoms with Crippen LogP contribution in [-0.2, 0) is 19.5 Å². The average Bonchev–Trinajstić information content (AvgIpc) is 1.41. The molecule has 0 fully saturated rings. The third-order valence-electron chi connectivity index (χ3n) is 0.316. The maximum Gasteiger partial charge on any atom is 0.0438 e. The van der Waals surface area contributed by atoms with Crippen LogP contribution in [0.5, 0.6) is 0 Å². The summed E-state index contributed by atoms with van der Waals surface area (Å²) in [6.07, 6.45) is 0.809. The molecule has 0 heterocycles. The number of aliphatic hydroxyl groups is 1. The van der Waals surface area contributed by atoms with Gasteiger partial charge in [0, 0.05) is 26.1 Å². The predicted octanol–water partition coefficient (Wildman–Crippen LogP) is 0.296. The van der Waals surface area contributed by atoms with E-state index in [2.05, 4.69) is 12.6 Å². The number of hydrogen-bond donors (Lipinski definition) is 2. The maximum absolute atomic E-state index is 8.02. The minimum Gasteiger partial charge on any atom is -0.396 e. The first-order valence-electron chi connectivity index (χ1n) is 1.63. The van der Waals surface area contributed by atoms with Crippen LogP contribution in [0.1, 0.15) is 6.42 Å². The molecule has 0 aromatic rings. The first kappa shape index (κ1) is 10.0. The predicted molar refractivity (Wildman–Crippen MR) is 25.6 cm³/mol. The molecule has 0 aliphatic heterocycles. The summed E-state index contributed by atoms with van der Waals surface area (Å²) in [4.78, 5) is 0. The Balaban J connectivity index is 0. The van der Waals surface area contributed by atoms with Crippen LogP contribution in [-0.4, -0.2) is 17.5 Å². The summed E-state index contributed by atoms with van der Waals surface area (Å²) in [7, 11) is 0. The van der Waals surface area contributed by atoms with E-state index in [1.807, 2.05) is 0 Å². The molecule has 0 atom stereocenters. The normalized spacial score (nSPS) is 7.00. The summed E-state index contributed by atoms with van der Waals surface area (Å²) in [6, 6.07) is 0. The Morgan fingerprint density at radius 2 is 2.00 bits per heavy atom. The summed E-state index contributed by atoms with van der Waals surface area (Å²) in [6.45, 7) is 0.267. The summed E-state index contributed by atoms with van der Waals surface area (Å²) >= 11 is 3.84.